The van der Waals surface area contributed by atoms with Crippen molar-refractivity contribution in [3.8, 4) is 5.75 Å². The molecule has 3 amide bonds. The second-order valence-electron chi connectivity index (χ2n) is 15.4. The van der Waals surface area contributed by atoms with Crippen LogP contribution < -0.4 is 16.4 Å². The highest BCUT2D eigenvalue weighted by Crippen LogP contribution is 2.66. The van der Waals surface area contributed by atoms with E-state index in [4.69, 9.17) is 5.73 Å². The number of aliphatic hydroxyl groups excluding tert-OH is 2. The Balaban J connectivity index is 1.54. The monoisotopic (exact) mass is 677 g/mol. The van der Waals surface area contributed by atoms with Crippen LogP contribution in [0.2, 0.25) is 0 Å². The molecule has 0 aliphatic heterocycles. The molecule has 3 aliphatic carbocycles. The van der Waals surface area contributed by atoms with Gasteiger partial charge in [0.2, 0.25) is 5.91 Å². The summed E-state index contributed by atoms with van der Waals surface area (Å²) < 4.78 is 0. The quantitative estimate of drug-likeness (QED) is 0.169. The Kier molecular flexibility index (Phi) is 9.10. The minimum absolute atomic E-state index is 0.0490. The Morgan fingerprint density at radius 3 is 2.18 bits per heavy atom. The number of nitrogens with two attached hydrogens (primary N) is 1. The molecule has 2 fully saturated rings. The first-order valence-electron chi connectivity index (χ1n) is 16.7. The molecule has 2 aromatic carbocycles. The van der Waals surface area contributed by atoms with Gasteiger partial charge in [-0.2, -0.15) is 0 Å². The zero-order valence-electron chi connectivity index (χ0n) is 29.0. The van der Waals surface area contributed by atoms with Crippen LogP contribution in [0.4, 0.5) is 10.5 Å². The first-order chi connectivity index (χ1) is 22.7. The maximum absolute atomic E-state index is 14.6. The van der Waals surface area contributed by atoms with E-state index in [2.05, 4.69) is 10.6 Å². The molecule has 2 unspecified atom stereocenters. The molecule has 0 spiro atoms. The number of hydrogen-bond acceptors (Lipinski definition) is 9. The fraction of sp³-hybridized carbons (Fsp3) is 0.541. The Bertz CT molecular complexity index is 1740. The van der Waals surface area contributed by atoms with E-state index in [1.165, 1.54) is 6.92 Å². The SMILES string of the molecule is CC(=O)c1ccc(NC(=O)NCc2cc(C(C)C)c3c(c2O)C(=O)[C@@H]2C(O)[C@@]4(O)C(=O)[C@H](C(N)=O)C(O)[C@H](C(C)C)[C@@]4(C)C[C@@]2(C)C3)cc1. The van der Waals surface area contributed by atoms with E-state index in [-0.39, 0.29) is 53.9 Å². The summed E-state index contributed by atoms with van der Waals surface area (Å²) in [5.41, 5.74) is 2.95. The number of phenols is 1. The van der Waals surface area contributed by atoms with E-state index in [0.29, 0.717) is 16.8 Å². The molecule has 49 heavy (non-hydrogen) atoms. The second-order valence-corrected chi connectivity index (χ2v) is 15.4. The van der Waals surface area contributed by atoms with Crippen molar-refractivity contribution in [2.45, 2.75) is 91.6 Å². The number of fused-ring (bicyclic) bond motifs is 3. The third kappa shape index (κ3) is 5.44. The number of urea groups is 1. The number of carbonyl (C=O) groups is 5. The van der Waals surface area contributed by atoms with Crippen molar-refractivity contribution in [3.63, 3.8) is 0 Å². The van der Waals surface area contributed by atoms with Crippen LogP contribution in [0.25, 0.3) is 0 Å². The van der Waals surface area contributed by atoms with Crippen molar-refractivity contribution in [2.75, 3.05) is 5.32 Å². The number of primary amides is 1. The Hall–Kier alpha value is -4.13. The van der Waals surface area contributed by atoms with Crippen LogP contribution in [-0.2, 0) is 22.6 Å². The smallest absolute Gasteiger partial charge is 0.319 e. The van der Waals surface area contributed by atoms with E-state index in [9.17, 15) is 44.4 Å². The van der Waals surface area contributed by atoms with Crippen molar-refractivity contribution in [1.29, 1.82) is 0 Å². The molecule has 8 N–H and O–H groups in total. The second kappa shape index (κ2) is 12.3. The van der Waals surface area contributed by atoms with Crippen LogP contribution in [0.3, 0.4) is 0 Å². The van der Waals surface area contributed by atoms with Gasteiger partial charge in [0.1, 0.15) is 17.8 Å². The molecule has 12 nitrogen and oxygen atoms in total. The molecule has 0 bridgehead atoms. The maximum Gasteiger partial charge on any atom is 0.319 e. The van der Waals surface area contributed by atoms with Crippen molar-refractivity contribution in [3.05, 3.63) is 58.1 Å². The summed E-state index contributed by atoms with van der Waals surface area (Å²) in [6, 6.07) is 7.49. The van der Waals surface area contributed by atoms with Gasteiger partial charge < -0.3 is 36.8 Å². The first kappa shape index (κ1) is 36.2. The van der Waals surface area contributed by atoms with E-state index < -0.39 is 69.9 Å². The number of phenolic OH excluding ortho intramolecular Hbond substituents is 1. The van der Waals surface area contributed by atoms with Crippen molar-refractivity contribution in [1.82, 2.24) is 5.32 Å². The van der Waals surface area contributed by atoms with Gasteiger partial charge in [0.15, 0.2) is 23.0 Å². The van der Waals surface area contributed by atoms with Crippen molar-refractivity contribution >= 4 is 35.0 Å². The molecule has 12 heteroatoms. The number of carbonyl (C=O) groups excluding carboxylic acids is 5. The summed E-state index contributed by atoms with van der Waals surface area (Å²) in [6.45, 7) is 12.2. The van der Waals surface area contributed by atoms with Crippen LogP contribution in [-0.4, -0.2) is 67.5 Å². The van der Waals surface area contributed by atoms with Gasteiger partial charge >= 0.3 is 6.03 Å². The molecule has 2 saturated carbocycles. The average Bonchev–Trinajstić information content (AvgIpc) is 2.98. The molecule has 0 heterocycles. The largest absolute Gasteiger partial charge is 0.507 e. The van der Waals surface area contributed by atoms with Gasteiger partial charge in [0.25, 0.3) is 0 Å². The lowest BCUT2D eigenvalue weighted by Gasteiger charge is -2.66. The van der Waals surface area contributed by atoms with E-state index >= 15 is 0 Å². The molecule has 264 valence electrons. The zero-order chi connectivity index (χ0) is 36.5. The third-order valence-corrected chi connectivity index (χ3v) is 11.5. The molecule has 3 aliphatic rings. The zero-order valence-corrected chi connectivity index (χ0v) is 29.0. The van der Waals surface area contributed by atoms with Gasteiger partial charge in [-0.15, -0.1) is 0 Å². The van der Waals surface area contributed by atoms with Gasteiger partial charge in [0.05, 0.1) is 17.6 Å². The molecule has 0 saturated heterocycles. The third-order valence-electron chi connectivity index (χ3n) is 11.5. The number of benzene rings is 2. The van der Waals surface area contributed by atoms with Crippen LogP contribution >= 0.6 is 0 Å². The van der Waals surface area contributed by atoms with Crippen molar-refractivity contribution in [2.24, 2.45) is 40.2 Å². The van der Waals surface area contributed by atoms with Crippen LogP contribution in [0.1, 0.15) is 98.2 Å². The maximum atomic E-state index is 14.6. The van der Waals surface area contributed by atoms with Crippen molar-refractivity contribution < 1.29 is 44.4 Å². The molecule has 0 aromatic heterocycles. The summed E-state index contributed by atoms with van der Waals surface area (Å²) in [6.07, 6.45) is -3.22. The van der Waals surface area contributed by atoms with Gasteiger partial charge in [0, 0.05) is 28.8 Å². The molecular formula is C37H47N3O9. The normalized spacial score (nSPS) is 32.3. The molecular weight excluding hydrogens is 630 g/mol. The predicted molar refractivity (Wildman–Crippen MR) is 180 cm³/mol. The minimum atomic E-state index is -2.60. The minimum Gasteiger partial charge on any atom is -0.507 e. The molecule has 0 radical (unpaired) electrons. The summed E-state index contributed by atoms with van der Waals surface area (Å²) in [5, 5.41) is 52.7. The lowest BCUT2D eigenvalue weighted by atomic mass is 9.39. The number of aliphatic hydroxyl groups is 3. The first-order valence-corrected chi connectivity index (χ1v) is 16.7. The molecule has 5 rings (SSSR count). The topological polar surface area (TPSA) is 216 Å². The highest BCUT2D eigenvalue weighted by Gasteiger charge is 2.76. The van der Waals surface area contributed by atoms with Gasteiger partial charge in [-0.1, -0.05) is 41.5 Å². The predicted octanol–water partition coefficient (Wildman–Crippen LogP) is 3.22. The lowest BCUT2D eigenvalue weighted by Crippen LogP contribution is -2.79. The van der Waals surface area contributed by atoms with Crippen LogP contribution in [0.5, 0.6) is 5.75 Å². The van der Waals surface area contributed by atoms with Crippen LogP contribution in [0.15, 0.2) is 30.3 Å². The number of hydrogen-bond donors (Lipinski definition) is 7. The highest BCUT2D eigenvalue weighted by atomic mass is 16.4. The van der Waals surface area contributed by atoms with Gasteiger partial charge in [-0.3, -0.25) is 19.2 Å². The number of nitrogens with one attached hydrogen (secondary N) is 2. The number of Topliss-reactive ketones (excluding diaryl/α,β-unsaturated/α-hetero) is 3. The number of amides is 3. The van der Waals surface area contributed by atoms with E-state index in [1.807, 2.05) is 20.8 Å². The summed E-state index contributed by atoms with van der Waals surface area (Å²) in [5.74, 6) is -7.85. The van der Waals surface area contributed by atoms with Crippen LogP contribution in [0, 0.1) is 34.5 Å². The van der Waals surface area contributed by atoms with Gasteiger partial charge in [-0.25, -0.2) is 4.79 Å². The fourth-order valence-corrected chi connectivity index (χ4v) is 9.47. The standard InChI is InChI=1S/C37H47N3O9/c1-16(2)22-12-20(14-39-34(48)40-21-10-8-19(9-11-21)18(5)41)28(42)24-23(22)13-35(6)15-36(7)26(17(3)4)30(44)25(33(38)47)31(45)37(36,49)32(46)27(35)29(24)43/h8-12,16-17,25-27,30,32,42,44,46,49H,13-15H2,1-7H3,(H2,38,47)(H2,39,40,48)/t25-,26+,27-,30?,32?,35-,36-,37+/m1/s1. The van der Waals surface area contributed by atoms with Gasteiger partial charge in [-0.05, 0) is 84.4 Å². The molecule has 8 atom stereocenters. The average molecular weight is 678 g/mol. The number of rotatable bonds is 7. The number of anilines is 1. The van der Waals surface area contributed by atoms with E-state index in [1.54, 1.807) is 51.1 Å². The van der Waals surface area contributed by atoms with E-state index in [0.717, 1.165) is 5.56 Å². The lowest BCUT2D eigenvalue weighted by molar-refractivity contribution is -0.265. The number of ketones is 3. The fourth-order valence-electron chi connectivity index (χ4n) is 9.47. The Morgan fingerprint density at radius 2 is 1.65 bits per heavy atom. The number of aromatic hydroxyl groups is 1. The molecule has 2 aromatic rings. The Labute approximate surface area is 285 Å². The Morgan fingerprint density at radius 1 is 1.04 bits per heavy atom. The summed E-state index contributed by atoms with van der Waals surface area (Å²) in [4.78, 5) is 65.4. The highest BCUT2D eigenvalue weighted by molar-refractivity contribution is 6.09. The summed E-state index contributed by atoms with van der Waals surface area (Å²) in [7, 11) is 0. The summed E-state index contributed by atoms with van der Waals surface area (Å²) >= 11 is 0.